The van der Waals surface area contributed by atoms with Crippen LogP contribution in [-0.2, 0) is 16.1 Å². The summed E-state index contributed by atoms with van der Waals surface area (Å²) < 4.78 is 12.5. The lowest BCUT2D eigenvalue weighted by Gasteiger charge is -2.10. The van der Waals surface area contributed by atoms with E-state index in [-0.39, 0.29) is 12.5 Å². The summed E-state index contributed by atoms with van der Waals surface area (Å²) in [6, 6.07) is 7.52. The van der Waals surface area contributed by atoms with Crippen molar-refractivity contribution < 1.29 is 10.9 Å². The number of benzene rings is 1. The van der Waals surface area contributed by atoms with Gasteiger partial charge in [0.25, 0.3) is 0 Å². The van der Waals surface area contributed by atoms with Crippen molar-refractivity contribution in [2.24, 2.45) is 0 Å². The van der Waals surface area contributed by atoms with Crippen LogP contribution >= 0.6 is 0 Å². The van der Waals surface area contributed by atoms with Crippen LogP contribution in [0.3, 0.4) is 0 Å². The van der Waals surface area contributed by atoms with Gasteiger partial charge in [-0.1, -0.05) is 30.3 Å². The fourth-order valence-electron chi connectivity index (χ4n) is 0.903. The zero-order chi connectivity index (χ0) is 11.3. The van der Waals surface area contributed by atoms with E-state index in [0.29, 0.717) is 12.6 Å². The molecule has 0 aliphatic heterocycles. The van der Waals surface area contributed by atoms with Crippen LogP contribution in [0, 0.1) is 0 Å². The van der Waals surface area contributed by atoms with Crippen LogP contribution in [0.25, 0.3) is 0 Å². The van der Waals surface area contributed by atoms with Gasteiger partial charge >= 0.3 is 0 Å². The molecule has 0 saturated heterocycles. The molecular weight excluding hydrogens is 178 g/mol. The molecule has 0 atom stereocenters. The first-order chi connectivity index (χ1) is 7.09. The summed E-state index contributed by atoms with van der Waals surface area (Å²) in [7, 11) is 3.39. The summed E-state index contributed by atoms with van der Waals surface area (Å²) in [5, 5.41) is 0. The summed E-state index contributed by atoms with van der Waals surface area (Å²) >= 11 is 0. The van der Waals surface area contributed by atoms with Crippen molar-refractivity contribution in [3.05, 3.63) is 35.9 Å². The third-order valence-electron chi connectivity index (χ3n) is 1.78. The molecule has 0 aromatic heterocycles. The van der Waals surface area contributed by atoms with Gasteiger partial charge in [0.2, 0.25) is 5.91 Å². The van der Waals surface area contributed by atoms with Gasteiger partial charge in [-0.15, -0.1) is 0 Å². The maximum Gasteiger partial charge on any atom is 0.248 e. The number of amides is 1. The molecule has 76 valence electrons. The molecule has 1 aromatic carbocycles. The highest BCUT2D eigenvalue weighted by Gasteiger charge is 2.02. The fourth-order valence-corrected chi connectivity index (χ4v) is 0.903. The first kappa shape index (κ1) is 9.21. The predicted molar refractivity (Wildman–Crippen MR) is 54.8 cm³/mol. The minimum atomic E-state index is -0.0490. The summed E-state index contributed by atoms with van der Waals surface area (Å²) in [5.74, 6) is -0.0490. The number of carbonyl (C=O) groups is 1. The molecule has 0 heterocycles. The van der Waals surface area contributed by atoms with Crippen molar-refractivity contribution in [2.75, 3.05) is 20.7 Å². The van der Waals surface area contributed by atoms with Gasteiger partial charge in [-0.25, -0.2) is 0 Å². The van der Waals surface area contributed by atoms with Gasteiger partial charge in [0.15, 0.2) is 0 Å². The molecule has 0 unspecified atom stereocenters. The summed E-state index contributed by atoms with van der Waals surface area (Å²) in [4.78, 5) is 12.7. The Hall–Kier alpha value is -1.35. The van der Waals surface area contributed by atoms with Crippen molar-refractivity contribution in [1.29, 1.82) is 0 Å². The Kier molecular flexibility index (Phi) is 3.55. The predicted octanol–water partition coefficient (Wildman–Crippen LogP) is 1.29. The number of nitrogens with zero attached hydrogens (tertiary/aromatic N) is 1. The van der Waals surface area contributed by atoms with Crippen molar-refractivity contribution in [2.45, 2.75) is 6.61 Å². The van der Waals surface area contributed by atoms with E-state index in [0.717, 1.165) is 5.56 Å². The minimum absolute atomic E-state index is 0.0490. The number of hydrogen-bond acceptors (Lipinski definition) is 2. The highest BCUT2D eigenvalue weighted by atomic mass is 16.5. The molecule has 1 amide bonds. The molecule has 0 aliphatic carbocycles. The standard InChI is InChI=1S/C11H15NO2/c1-12(2)11(13)9-14-8-10-6-4-3-5-7-10/h3-7H,8-9H2,1-2H3/i3D. The van der Waals surface area contributed by atoms with Crippen molar-refractivity contribution in [3.63, 3.8) is 0 Å². The van der Waals surface area contributed by atoms with Crippen molar-refractivity contribution >= 4 is 5.91 Å². The third-order valence-corrected chi connectivity index (χ3v) is 1.78. The average molecular weight is 194 g/mol. The lowest BCUT2D eigenvalue weighted by Crippen LogP contribution is -2.26. The molecule has 3 nitrogen and oxygen atoms in total. The van der Waals surface area contributed by atoms with Crippen LogP contribution in [0.5, 0.6) is 0 Å². The zero-order valence-electron chi connectivity index (χ0n) is 9.49. The van der Waals surface area contributed by atoms with Crippen LogP contribution in [0.4, 0.5) is 0 Å². The lowest BCUT2D eigenvalue weighted by atomic mass is 10.2. The summed E-state index contributed by atoms with van der Waals surface area (Å²) in [6.07, 6.45) is 0. The van der Waals surface area contributed by atoms with E-state index in [1.54, 1.807) is 26.2 Å². The molecule has 3 heteroatoms. The first-order valence-corrected chi connectivity index (χ1v) is 4.43. The lowest BCUT2D eigenvalue weighted by molar-refractivity contribution is -0.133. The zero-order valence-corrected chi connectivity index (χ0v) is 8.49. The van der Waals surface area contributed by atoms with E-state index in [2.05, 4.69) is 0 Å². The Morgan fingerprint density at radius 1 is 1.50 bits per heavy atom. The molecule has 1 aromatic rings. The van der Waals surface area contributed by atoms with E-state index in [1.165, 1.54) is 4.90 Å². The average Bonchev–Trinajstić information content (AvgIpc) is 2.20. The largest absolute Gasteiger partial charge is 0.367 e. The smallest absolute Gasteiger partial charge is 0.248 e. The molecule has 0 N–H and O–H groups in total. The quantitative estimate of drug-likeness (QED) is 0.723. The normalized spacial score (nSPS) is 10.9. The maximum atomic E-state index is 11.2. The molecule has 0 aliphatic rings. The maximum absolute atomic E-state index is 11.2. The van der Waals surface area contributed by atoms with Gasteiger partial charge in [0.1, 0.15) is 6.61 Å². The topological polar surface area (TPSA) is 29.5 Å². The van der Waals surface area contributed by atoms with Gasteiger partial charge < -0.3 is 9.64 Å². The second kappa shape index (κ2) is 5.40. The number of hydrogen-bond donors (Lipinski definition) is 0. The molecule has 0 bridgehead atoms. The fraction of sp³-hybridized carbons (Fsp3) is 0.364. The first-order valence-electron chi connectivity index (χ1n) is 4.93. The summed E-state index contributed by atoms with van der Waals surface area (Å²) in [5.41, 5.74) is 0.970. The molecule has 0 fully saturated rings. The van der Waals surface area contributed by atoms with E-state index >= 15 is 0 Å². The second-order valence-electron chi connectivity index (χ2n) is 3.19. The molecule has 0 spiro atoms. The minimum Gasteiger partial charge on any atom is -0.367 e. The molecule has 14 heavy (non-hydrogen) atoms. The Morgan fingerprint density at radius 2 is 2.14 bits per heavy atom. The Morgan fingerprint density at radius 3 is 2.71 bits per heavy atom. The molecule has 1 rings (SSSR count). The van der Waals surface area contributed by atoms with Crippen LogP contribution in [0.1, 0.15) is 6.93 Å². The van der Waals surface area contributed by atoms with Crippen LogP contribution in [0.2, 0.25) is 0 Å². The number of carbonyl (C=O) groups excluding carboxylic acids is 1. The number of likely N-dealkylation sites (N-methyl/N-ethyl adjacent to an activating group) is 1. The third kappa shape index (κ3) is 3.58. The Balaban J connectivity index is 2.32. The van der Waals surface area contributed by atoms with Crippen LogP contribution < -0.4 is 0 Å². The SMILES string of the molecule is [2H]c1ccc(COCC(=O)N(C)C)cc1. The van der Waals surface area contributed by atoms with Crippen LogP contribution in [0.15, 0.2) is 30.3 Å². The van der Waals surface area contributed by atoms with Crippen molar-refractivity contribution in [3.8, 4) is 0 Å². The second-order valence-corrected chi connectivity index (χ2v) is 3.19. The number of ether oxygens (including phenoxy) is 1. The molecule has 0 saturated carbocycles. The van der Waals surface area contributed by atoms with Gasteiger partial charge in [-0.2, -0.15) is 0 Å². The summed E-state index contributed by atoms with van der Waals surface area (Å²) in [6.45, 7) is 0.496. The van der Waals surface area contributed by atoms with E-state index < -0.39 is 0 Å². The van der Waals surface area contributed by atoms with E-state index in [4.69, 9.17) is 6.11 Å². The van der Waals surface area contributed by atoms with Crippen molar-refractivity contribution in [1.82, 2.24) is 4.90 Å². The highest BCUT2D eigenvalue weighted by molar-refractivity contribution is 5.76. The Labute approximate surface area is 85.7 Å². The molecule has 0 radical (unpaired) electrons. The van der Waals surface area contributed by atoms with E-state index in [1.807, 2.05) is 12.1 Å². The van der Waals surface area contributed by atoms with Crippen LogP contribution in [-0.4, -0.2) is 31.5 Å². The molecular formula is C11H15NO2. The van der Waals surface area contributed by atoms with Gasteiger partial charge in [0.05, 0.1) is 7.98 Å². The van der Waals surface area contributed by atoms with Gasteiger partial charge in [-0.3, -0.25) is 4.79 Å². The van der Waals surface area contributed by atoms with Gasteiger partial charge in [0, 0.05) is 14.1 Å². The highest BCUT2D eigenvalue weighted by Crippen LogP contribution is 2.00. The number of rotatable bonds is 4. The monoisotopic (exact) mass is 194 g/mol. The van der Waals surface area contributed by atoms with Gasteiger partial charge in [-0.05, 0) is 5.56 Å². The van der Waals surface area contributed by atoms with E-state index in [9.17, 15) is 4.79 Å². The Bertz CT molecular complexity index is 322.